The molecular weight excluding hydrogens is 362 g/mol. The predicted molar refractivity (Wildman–Crippen MR) is 92.8 cm³/mol. The molecule has 0 N–H and O–H groups in total. The number of hydrogen-bond donors (Lipinski definition) is 0. The third-order valence-corrected chi connectivity index (χ3v) is 4.54. The summed E-state index contributed by atoms with van der Waals surface area (Å²) in [7, 11) is 0. The highest BCUT2D eigenvalue weighted by Crippen LogP contribution is 2.28. The van der Waals surface area contributed by atoms with Crippen molar-refractivity contribution in [1.29, 1.82) is 0 Å². The summed E-state index contributed by atoms with van der Waals surface area (Å²) in [6, 6.07) is 2.66. The Morgan fingerprint density at radius 2 is 1.78 bits per heavy atom. The number of hydrogen-bond acceptors (Lipinski definition) is 5. The summed E-state index contributed by atoms with van der Waals surface area (Å²) >= 11 is 0. The van der Waals surface area contributed by atoms with E-state index in [-0.39, 0.29) is 11.7 Å². The molecule has 0 aromatic carbocycles. The summed E-state index contributed by atoms with van der Waals surface area (Å²) in [4.78, 5) is 15.4. The molecule has 0 spiro atoms. The topological polar surface area (TPSA) is 45.2 Å². The van der Waals surface area contributed by atoms with Gasteiger partial charge in [-0.05, 0) is 23.6 Å². The maximum absolute atomic E-state index is 14.6. The fourth-order valence-corrected chi connectivity index (χ4v) is 3.10. The third-order valence-electron chi connectivity index (χ3n) is 4.54. The van der Waals surface area contributed by atoms with Gasteiger partial charge in [0.2, 0.25) is 0 Å². The van der Waals surface area contributed by atoms with Crippen LogP contribution in [0.25, 0.3) is 0 Å². The average molecular weight is 383 g/mol. The maximum Gasteiger partial charge on any atom is 0.433 e. The molecule has 1 saturated heterocycles. The van der Waals surface area contributed by atoms with Crippen LogP contribution in [0.5, 0.6) is 0 Å². The zero-order chi connectivity index (χ0) is 19.6. The summed E-state index contributed by atoms with van der Waals surface area (Å²) in [5.74, 6) is -0.149. The molecule has 1 aliphatic heterocycles. The molecule has 0 amide bonds. The van der Waals surface area contributed by atoms with Crippen molar-refractivity contribution in [2.75, 3.05) is 31.1 Å². The molecule has 5 nitrogen and oxygen atoms in total. The minimum Gasteiger partial charge on any atom is -0.352 e. The number of nitrogens with zero attached hydrogens (tertiary/aromatic N) is 5. The van der Waals surface area contributed by atoms with Gasteiger partial charge in [-0.25, -0.2) is 14.4 Å². The van der Waals surface area contributed by atoms with Crippen LogP contribution in [0.1, 0.15) is 36.7 Å². The van der Waals surface area contributed by atoms with E-state index in [1.165, 1.54) is 12.5 Å². The van der Waals surface area contributed by atoms with E-state index in [1.54, 1.807) is 6.07 Å². The van der Waals surface area contributed by atoms with Gasteiger partial charge in [0, 0.05) is 38.9 Å². The fraction of sp³-hybridized carbons (Fsp3) is 0.500. The number of anilines is 1. The number of piperazine rings is 1. The van der Waals surface area contributed by atoms with E-state index in [0.29, 0.717) is 44.0 Å². The van der Waals surface area contributed by atoms with Crippen LogP contribution in [-0.4, -0.2) is 46.0 Å². The monoisotopic (exact) mass is 383 g/mol. The lowest BCUT2D eigenvalue weighted by molar-refractivity contribution is -0.141. The van der Waals surface area contributed by atoms with Crippen molar-refractivity contribution in [2.45, 2.75) is 32.5 Å². The second kappa shape index (κ2) is 7.75. The van der Waals surface area contributed by atoms with Gasteiger partial charge in [-0.1, -0.05) is 13.8 Å². The zero-order valence-electron chi connectivity index (χ0n) is 15.2. The van der Waals surface area contributed by atoms with Crippen molar-refractivity contribution in [2.24, 2.45) is 0 Å². The molecule has 9 heteroatoms. The van der Waals surface area contributed by atoms with Crippen LogP contribution in [0, 0.1) is 5.82 Å². The third kappa shape index (κ3) is 4.52. The van der Waals surface area contributed by atoms with Crippen LogP contribution >= 0.6 is 0 Å². The zero-order valence-corrected chi connectivity index (χ0v) is 15.2. The lowest BCUT2D eigenvalue weighted by Crippen LogP contribution is -2.46. The maximum atomic E-state index is 14.6. The van der Waals surface area contributed by atoms with Gasteiger partial charge in [0.25, 0.3) is 0 Å². The lowest BCUT2D eigenvalue weighted by Gasteiger charge is -2.35. The molecule has 2 aromatic rings. The molecule has 0 bridgehead atoms. The van der Waals surface area contributed by atoms with Crippen LogP contribution in [0.4, 0.5) is 23.4 Å². The summed E-state index contributed by atoms with van der Waals surface area (Å²) in [6.45, 7) is 6.43. The molecule has 2 aromatic heterocycles. The minimum absolute atomic E-state index is 0.0393. The first-order chi connectivity index (χ1) is 12.8. The molecule has 0 saturated carbocycles. The van der Waals surface area contributed by atoms with Gasteiger partial charge in [0.05, 0.1) is 5.69 Å². The molecule has 0 atom stereocenters. The van der Waals surface area contributed by atoms with Crippen molar-refractivity contribution >= 4 is 5.82 Å². The van der Waals surface area contributed by atoms with E-state index in [0.717, 1.165) is 6.07 Å². The summed E-state index contributed by atoms with van der Waals surface area (Å²) < 4.78 is 53.0. The Kier molecular flexibility index (Phi) is 5.59. The Balaban J connectivity index is 1.64. The van der Waals surface area contributed by atoms with Crippen molar-refractivity contribution in [3.05, 3.63) is 47.4 Å². The Morgan fingerprint density at radius 1 is 1.07 bits per heavy atom. The SMILES string of the molecule is CC(C)c1ncnc(N2CCN(Cc3ccnc(C(F)(F)F)c3)CC2)c1F. The van der Waals surface area contributed by atoms with E-state index < -0.39 is 17.7 Å². The van der Waals surface area contributed by atoms with Crippen LogP contribution in [0.15, 0.2) is 24.7 Å². The second-order valence-corrected chi connectivity index (χ2v) is 6.86. The molecule has 0 aliphatic carbocycles. The van der Waals surface area contributed by atoms with E-state index >= 15 is 0 Å². The number of rotatable bonds is 4. The first-order valence-corrected chi connectivity index (χ1v) is 8.75. The first kappa shape index (κ1) is 19.5. The predicted octanol–water partition coefficient (Wildman–Crippen LogP) is 3.48. The van der Waals surface area contributed by atoms with Gasteiger partial charge in [0.15, 0.2) is 11.6 Å². The molecule has 0 unspecified atom stereocenters. The highest BCUT2D eigenvalue weighted by atomic mass is 19.4. The summed E-state index contributed by atoms with van der Waals surface area (Å²) in [6.07, 6.45) is -1.90. The lowest BCUT2D eigenvalue weighted by atomic mass is 10.1. The minimum atomic E-state index is -4.45. The van der Waals surface area contributed by atoms with Crippen molar-refractivity contribution < 1.29 is 17.6 Å². The van der Waals surface area contributed by atoms with Crippen LogP contribution < -0.4 is 4.90 Å². The molecule has 0 radical (unpaired) electrons. The molecule has 27 heavy (non-hydrogen) atoms. The van der Waals surface area contributed by atoms with E-state index in [2.05, 4.69) is 15.0 Å². The summed E-state index contributed by atoms with van der Waals surface area (Å²) in [5.41, 5.74) is 0.0582. The van der Waals surface area contributed by atoms with Crippen LogP contribution in [0.3, 0.4) is 0 Å². The molecular formula is C18H21F4N5. The first-order valence-electron chi connectivity index (χ1n) is 8.75. The van der Waals surface area contributed by atoms with Crippen molar-refractivity contribution in [3.63, 3.8) is 0 Å². The quantitative estimate of drug-likeness (QED) is 0.757. The molecule has 3 rings (SSSR count). The van der Waals surface area contributed by atoms with E-state index in [1.807, 2.05) is 23.6 Å². The van der Waals surface area contributed by atoms with Crippen molar-refractivity contribution in [3.8, 4) is 0 Å². The van der Waals surface area contributed by atoms with Crippen LogP contribution in [-0.2, 0) is 12.7 Å². The van der Waals surface area contributed by atoms with Gasteiger partial charge < -0.3 is 4.90 Å². The Hall–Kier alpha value is -2.29. The standard InChI is InChI=1S/C18H21F4N5/c1-12(2)16-15(19)17(25-11-24-16)27-7-5-26(6-8-27)10-13-3-4-23-14(9-13)18(20,21)22/h3-4,9,11-12H,5-8,10H2,1-2H3. The van der Waals surface area contributed by atoms with Gasteiger partial charge in [-0.2, -0.15) is 13.2 Å². The Bertz CT molecular complexity index is 786. The number of pyridine rings is 1. The highest BCUT2D eigenvalue weighted by Gasteiger charge is 2.32. The van der Waals surface area contributed by atoms with E-state index in [4.69, 9.17) is 0 Å². The van der Waals surface area contributed by atoms with Gasteiger partial charge in [0.1, 0.15) is 12.0 Å². The normalized spacial score (nSPS) is 16.2. The largest absolute Gasteiger partial charge is 0.433 e. The fourth-order valence-electron chi connectivity index (χ4n) is 3.10. The number of alkyl halides is 3. The van der Waals surface area contributed by atoms with Gasteiger partial charge >= 0.3 is 6.18 Å². The van der Waals surface area contributed by atoms with Gasteiger partial charge in [-0.3, -0.25) is 9.88 Å². The van der Waals surface area contributed by atoms with E-state index in [9.17, 15) is 17.6 Å². The highest BCUT2D eigenvalue weighted by molar-refractivity contribution is 5.42. The van der Waals surface area contributed by atoms with Crippen molar-refractivity contribution in [1.82, 2.24) is 19.9 Å². The molecule has 1 fully saturated rings. The van der Waals surface area contributed by atoms with Crippen LogP contribution in [0.2, 0.25) is 0 Å². The molecule has 1 aliphatic rings. The summed E-state index contributed by atoms with van der Waals surface area (Å²) in [5, 5.41) is 0. The van der Waals surface area contributed by atoms with Gasteiger partial charge in [-0.15, -0.1) is 0 Å². The average Bonchev–Trinajstić information content (AvgIpc) is 2.62. The molecule has 146 valence electrons. The Labute approximate surface area is 155 Å². The Morgan fingerprint density at radius 3 is 2.41 bits per heavy atom. The number of halogens is 4. The smallest absolute Gasteiger partial charge is 0.352 e. The second-order valence-electron chi connectivity index (χ2n) is 6.86. The number of aromatic nitrogens is 3. The molecule has 3 heterocycles.